The zero-order chi connectivity index (χ0) is 16.3. The number of hydrogen-bond acceptors (Lipinski definition) is 2. The monoisotopic (exact) mass is 339 g/mol. The summed E-state index contributed by atoms with van der Waals surface area (Å²) < 4.78 is 1.62. The lowest BCUT2D eigenvalue weighted by molar-refractivity contribution is -0.130. The second-order valence-corrected chi connectivity index (χ2v) is 6.15. The van der Waals surface area contributed by atoms with E-state index in [1.165, 1.54) is 0 Å². The van der Waals surface area contributed by atoms with Gasteiger partial charge >= 0.3 is 0 Å². The fourth-order valence-electron chi connectivity index (χ4n) is 2.31. The molecule has 118 valence electrons. The second-order valence-electron chi connectivity index (χ2n) is 5.36. The van der Waals surface area contributed by atoms with Gasteiger partial charge in [-0.3, -0.25) is 9.48 Å². The number of nitrogens with zero attached hydrogens (tertiary/aromatic N) is 3. The van der Waals surface area contributed by atoms with E-state index in [-0.39, 0.29) is 5.91 Å². The standard InChI is InChI=1S/C16H19Cl2N3O/c1-11-14(16(18)21(3)19-11)10-20(2)15(22)8-7-12-5-4-6-13(17)9-12/h4-6,9H,7-8,10H2,1-3H3. The summed E-state index contributed by atoms with van der Waals surface area (Å²) in [7, 11) is 3.57. The second kappa shape index (κ2) is 7.16. The maximum Gasteiger partial charge on any atom is 0.222 e. The van der Waals surface area contributed by atoms with Gasteiger partial charge in [-0.2, -0.15) is 5.10 Å². The molecule has 0 saturated heterocycles. The third-order valence-electron chi connectivity index (χ3n) is 3.61. The number of benzene rings is 1. The molecule has 1 aromatic heterocycles. The van der Waals surface area contributed by atoms with Gasteiger partial charge in [-0.1, -0.05) is 35.3 Å². The summed E-state index contributed by atoms with van der Waals surface area (Å²) in [6.45, 7) is 2.36. The highest BCUT2D eigenvalue weighted by Crippen LogP contribution is 2.20. The van der Waals surface area contributed by atoms with Crippen LogP contribution in [0.5, 0.6) is 0 Å². The van der Waals surface area contributed by atoms with Crippen molar-refractivity contribution < 1.29 is 4.79 Å². The predicted molar refractivity (Wildman–Crippen MR) is 89.2 cm³/mol. The minimum absolute atomic E-state index is 0.0688. The summed E-state index contributed by atoms with van der Waals surface area (Å²) >= 11 is 12.1. The molecule has 0 aliphatic carbocycles. The molecule has 0 aliphatic heterocycles. The molecule has 0 N–H and O–H groups in total. The normalized spacial score (nSPS) is 10.8. The third-order valence-corrected chi connectivity index (χ3v) is 4.32. The molecule has 2 aromatic rings. The van der Waals surface area contributed by atoms with E-state index >= 15 is 0 Å². The lowest BCUT2D eigenvalue weighted by atomic mass is 10.1. The van der Waals surface area contributed by atoms with Crippen molar-refractivity contribution in [3.8, 4) is 0 Å². The molecule has 2 rings (SSSR count). The minimum atomic E-state index is 0.0688. The molecule has 6 heteroatoms. The zero-order valence-electron chi connectivity index (χ0n) is 12.9. The van der Waals surface area contributed by atoms with E-state index in [1.54, 1.807) is 23.7 Å². The molecule has 0 fully saturated rings. The Labute approximate surface area is 140 Å². The SMILES string of the molecule is Cc1nn(C)c(Cl)c1CN(C)C(=O)CCc1cccc(Cl)c1. The van der Waals surface area contributed by atoms with Gasteiger partial charge in [0.05, 0.1) is 12.2 Å². The van der Waals surface area contributed by atoms with E-state index in [1.807, 2.05) is 31.2 Å². The predicted octanol–water partition coefficient (Wildman–Crippen LogP) is 3.63. The number of hydrogen-bond donors (Lipinski definition) is 0. The first kappa shape index (κ1) is 16.8. The molecule has 0 spiro atoms. The number of carbonyl (C=O) groups excluding carboxylic acids is 1. The van der Waals surface area contributed by atoms with Crippen LogP contribution < -0.4 is 0 Å². The summed E-state index contributed by atoms with van der Waals surface area (Å²) in [6.07, 6.45) is 1.11. The van der Waals surface area contributed by atoms with Crippen LogP contribution in [0.3, 0.4) is 0 Å². The molecule has 1 heterocycles. The molecule has 1 amide bonds. The molecule has 4 nitrogen and oxygen atoms in total. The van der Waals surface area contributed by atoms with Crippen LogP contribution in [0.15, 0.2) is 24.3 Å². The number of aromatic nitrogens is 2. The molecule has 1 aromatic carbocycles. The Hall–Kier alpha value is -1.52. The van der Waals surface area contributed by atoms with Gasteiger partial charge in [0.15, 0.2) is 0 Å². The van der Waals surface area contributed by atoms with Crippen molar-refractivity contribution in [2.45, 2.75) is 26.3 Å². The van der Waals surface area contributed by atoms with Crippen molar-refractivity contribution in [1.82, 2.24) is 14.7 Å². The van der Waals surface area contributed by atoms with Gasteiger partial charge in [-0.15, -0.1) is 0 Å². The van der Waals surface area contributed by atoms with E-state index in [4.69, 9.17) is 23.2 Å². The Morgan fingerprint density at radius 1 is 1.36 bits per heavy atom. The van der Waals surface area contributed by atoms with Gasteiger partial charge < -0.3 is 4.90 Å². The van der Waals surface area contributed by atoms with E-state index in [9.17, 15) is 4.79 Å². The number of rotatable bonds is 5. The maximum absolute atomic E-state index is 12.3. The van der Waals surface area contributed by atoms with Crippen molar-refractivity contribution in [2.75, 3.05) is 7.05 Å². The summed E-state index contributed by atoms with van der Waals surface area (Å²) in [6, 6.07) is 7.58. The zero-order valence-corrected chi connectivity index (χ0v) is 14.4. The van der Waals surface area contributed by atoms with Crippen molar-refractivity contribution in [3.05, 3.63) is 51.3 Å². The maximum atomic E-state index is 12.3. The fraction of sp³-hybridized carbons (Fsp3) is 0.375. The van der Waals surface area contributed by atoms with Crippen LogP contribution in [0.1, 0.15) is 23.2 Å². The van der Waals surface area contributed by atoms with Crippen molar-refractivity contribution in [1.29, 1.82) is 0 Å². The number of amides is 1. The van der Waals surface area contributed by atoms with Gasteiger partial charge in [0, 0.05) is 31.1 Å². The lowest BCUT2D eigenvalue weighted by Crippen LogP contribution is -2.26. The van der Waals surface area contributed by atoms with Crippen molar-refractivity contribution in [2.24, 2.45) is 7.05 Å². The largest absolute Gasteiger partial charge is 0.341 e. The van der Waals surface area contributed by atoms with Crippen LogP contribution in [0, 0.1) is 6.92 Å². The first-order chi connectivity index (χ1) is 10.4. The first-order valence-corrected chi connectivity index (χ1v) is 7.80. The van der Waals surface area contributed by atoms with Gasteiger partial charge in [0.2, 0.25) is 5.91 Å². The van der Waals surface area contributed by atoms with Crippen LogP contribution in [-0.2, 0) is 24.8 Å². The van der Waals surface area contributed by atoms with Gasteiger partial charge in [0.25, 0.3) is 0 Å². The van der Waals surface area contributed by atoms with E-state index in [2.05, 4.69) is 5.10 Å². The molecule has 0 unspecified atom stereocenters. The summed E-state index contributed by atoms with van der Waals surface area (Å²) in [5, 5.41) is 5.53. The minimum Gasteiger partial charge on any atom is -0.341 e. The topological polar surface area (TPSA) is 38.1 Å². The van der Waals surface area contributed by atoms with Crippen molar-refractivity contribution >= 4 is 29.1 Å². The van der Waals surface area contributed by atoms with Gasteiger partial charge in [-0.25, -0.2) is 0 Å². The highest BCUT2D eigenvalue weighted by molar-refractivity contribution is 6.30. The molecule has 22 heavy (non-hydrogen) atoms. The van der Waals surface area contributed by atoms with E-state index in [0.717, 1.165) is 16.8 Å². The number of halogens is 2. The van der Waals surface area contributed by atoms with Crippen LogP contribution in [0.25, 0.3) is 0 Å². The van der Waals surface area contributed by atoms with E-state index in [0.29, 0.717) is 29.6 Å². The molecule has 0 saturated carbocycles. The van der Waals surface area contributed by atoms with Crippen LogP contribution in [0.4, 0.5) is 0 Å². The van der Waals surface area contributed by atoms with Gasteiger partial charge in [-0.05, 0) is 31.0 Å². The Bertz CT molecular complexity index is 682. The number of carbonyl (C=O) groups is 1. The summed E-state index contributed by atoms with van der Waals surface area (Å²) in [5.74, 6) is 0.0688. The highest BCUT2D eigenvalue weighted by Gasteiger charge is 2.16. The average molecular weight is 340 g/mol. The average Bonchev–Trinajstić information content (AvgIpc) is 2.71. The van der Waals surface area contributed by atoms with E-state index < -0.39 is 0 Å². The Morgan fingerprint density at radius 3 is 2.68 bits per heavy atom. The highest BCUT2D eigenvalue weighted by atomic mass is 35.5. The fourth-order valence-corrected chi connectivity index (χ4v) is 2.76. The van der Waals surface area contributed by atoms with Crippen molar-refractivity contribution in [3.63, 3.8) is 0 Å². The molecule has 0 aliphatic rings. The molecule has 0 radical (unpaired) electrons. The lowest BCUT2D eigenvalue weighted by Gasteiger charge is -2.17. The molecular weight excluding hydrogens is 321 g/mol. The number of aryl methyl sites for hydroxylation is 3. The van der Waals surface area contributed by atoms with Gasteiger partial charge in [0.1, 0.15) is 5.15 Å². The third kappa shape index (κ3) is 4.02. The van der Waals surface area contributed by atoms with Crippen LogP contribution in [-0.4, -0.2) is 27.6 Å². The quantitative estimate of drug-likeness (QED) is 0.834. The first-order valence-electron chi connectivity index (χ1n) is 7.05. The van der Waals surface area contributed by atoms with Crippen LogP contribution in [0.2, 0.25) is 10.2 Å². The molecular formula is C16H19Cl2N3O. The molecule has 0 bridgehead atoms. The Balaban J connectivity index is 1.95. The Morgan fingerprint density at radius 2 is 2.09 bits per heavy atom. The summed E-state index contributed by atoms with van der Waals surface area (Å²) in [5.41, 5.74) is 2.80. The smallest absolute Gasteiger partial charge is 0.222 e. The molecule has 0 atom stereocenters. The van der Waals surface area contributed by atoms with Crippen LogP contribution >= 0.6 is 23.2 Å². The summed E-state index contributed by atoms with van der Waals surface area (Å²) in [4.78, 5) is 13.9. The Kier molecular flexibility index (Phi) is 5.48.